The van der Waals surface area contributed by atoms with Crippen LogP contribution in [0.1, 0.15) is 33.1 Å². The van der Waals surface area contributed by atoms with Crippen LogP contribution < -0.4 is 14.4 Å². The molecule has 1 aliphatic heterocycles. The van der Waals surface area contributed by atoms with Gasteiger partial charge in [0.15, 0.2) is 0 Å². The van der Waals surface area contributed by atoms with Gasteiger partial charge in [0.1, 0.15) is 5.75 Å². The number of carbonyl (C=O) groups excluding carboxylic acids is 1. The van der Waals surface area contributed by atoms with Gasteiger partial charge in [-0.2, -0.15) is 0 Å². The zero-order valence-corrected chi connectivity index (χ0v) is 16.3. The number of rotatable bonds is 6. The Kier molecular flexibility index (Phi) is 5.70. The average Bonchev–Trinajstić information content (AvgIpc) is 2.63. The van der Waals surface area contributed by atoms with Gasteiger partial charge in [0.2, 0.25) is 5.91 Å². The molecule has 1 amide bonds. The minimum Gasteiger partial charge on any atom is -0.491 e. The number of nitrogens with one attached hydrogen (secondary N) is 1. The van der Waals surface area contributed by atoms with Crippen molar-refractivity contribution < 1.29 is 17.9 Å². The van der Waals surface area contributed by atoms with Gasteiger partial charge in [-0.25, -0.2) is 8.42 Å². The van der Waals surface area contributed by atoms with E-state index in [0.29, 0.717) is 24.4 Å². The number of anilines is 2. The lowest BCUT2D eigenvalue weighted by molar-refractivity contribution is -0.119. The first-order valence-electron chi connectivity index (χ1n) is 9.05. The number of piperidine rings is 1. The lowest BCUT2D eigenvalue weighted by Gasteiger charge is -2.26. The van der Waals surface area contributed by atoms with E-state index in [0.717, 1.165) is 18.5 Å². The predicted octanol–water partition coefficient (Wildman–Crippen LogP) is 3.79. The Morgan fingerprint density at radius 3 is 2.26 bits per heavy atom. The molecule has 1 N–H and O–H groups in total. The maximum absolute atomic E-state index is 12.6. The molecule has 2 aromatic carbocycles. The molecule has 3 rings (SSSR count). The van der Waals surface area contributed by atoms with E-state index in [-0.39, 0.29) is 16.9 Å². The first kappa shape index (κ1) is 19.2. The van der Waals surface area contributed by atoms with Crippen LogP contribution in [0.5, 0.6) is 5.75 Å². The molecule has 1 aliphatic rings. The third-order valence-corrected chi connectivity index (χ3v) is 5.66. The molecule has 0 atom stereocenters. The van der Waals surface area contributed by atoms with E-state index in [1.807, 2.05) is 13.8 Å². The maximum atomic E-state index is 12.6. The number of carbonyl (C=O) groups is 1. The number of sulfonamides is 1. The normalized spacial score (nSPS) is 15.1. The van der Waals surface area contributed by atoms with E-state index < -0.39 is 10.0 Å². The van der Waals surface area contributed by atoms with Crippen molar-refractivity contribution in [1.82, 2.24) is 0 Å². The molecule has 0 unspecified atom stereocenters. The van der Waals surface area contributed by atoms with Crippen molar-refractivity contribution in [2.45, 2.75) is 44.1 Å². The number of benzene rings is 2. The van der Waals surface area contributed by atoms with E-state index in [1.165, 1.54) is 12.1 Å². The number of ether oxygens (including phenoxy) is 1. The van der Waals surface area contributed by atoms with Gasteiger partial charge in [-0.05, 0) is 75.2 Å². The quantitative estimate of drug-likeness (QED) is 0.817. The molecule has 7 heteroatoms. The number of hydrogen-bond acceptors (Lipinski definition) is 4. The molecule has 144 valence electrons. The second-order valence-corrected chi connectivity index (χ2v) is 8.48. The van der Waals surface area contributed by atoms with E-state index in [4.69, 9.17) is 4.74 Å². The van der Waals surface area contributed by atoms with Crippen molar-refractivity contribution in [1.29, 1.82) is 0 Å². The van der Waals surface area contributed by atoms with Crippen LogP contribution in [0.4, 0.5) is 11.4 Å². The Hall–Kier alpha value is -2.54. The maximum Gasteiger partial charge on any atom is 0.261 e. The Morgan fingerprint density at radius 1 is 1.00 bits per heavy atom. The summed E-state index contributed by atoms with van der Waals surface area (Å²) in [5.41, 5.74) is 1.19. The highest BCUT2D eigenvalue weighted by atomic mass is 32.2. The fourth-order valence-electron chi connectivity index (χ4n) is 2.97. The molecule has 6 nitrogen and oxygen atoms in total. The standard InChI is InChI=1S/C20H24N2O4S/c1-15(2)26-18-10-6-16(7-11-18)21-27(24,25)19-12-8-17(9-13-19)22-14-4-3-5-20(22)23/h6-13,15,21H,3-5,14H2,1-2H3. The fraction of sp³-hybridized carbons (Fsp3) is 0.350. The molecule has 27 heavy (non-hydrogen) atoms. The van der Waals surface area contributed by atoms with Crippen LogP contribution in [0, 0.1) is 0 Å². The SMILES string of the molecule is CC(C)Oc1ccc(NS(=O)(=O)c2ccc(N3CCCCC3=O)cc2)cc1. The third kappa shape index (κ3) is 4.80. The summed E-state index contributed by atoms with van der Waals surface area (Å²) in [7, 11) is -3.70. The highest BCUT2D eigenvalue weighted by Crippen LogP contribution is 2.24. The van der Waals surface area contributed by atoms with Crippen molar-refractivity contribution in [2.24, 2.45) is 0 Å². The second kappa shape index (κ2) is 8.00. The topological polar surface area (TPSA) is 75.7 Å². The van der Waals surface area contributed by atoms with E-state index >= 15 is 0 Å². The van der Waals surface area contributed by atoms with Crippen LogP contribution in [0.15, 0.2) is 53.4 Å². The number of hydrogen-bond donors (Lipinski definition) is 1. The van der Waals surface area contributed by atoms with E-state index in [2.05, 4.69) is 4.72 Å². The minimum atomic E-state index is -3.70. The summed E-state index contributed by atoms with van der Waals surface area (Å²) in [6, 6.07) is 13.2. The molecule has 0 spiro atoms. The largest absolute Gasteiger partial charge is 0.491 e. The van der Waals surface area contributed by atoms with Crippen LogP contribution in [-0.4, -0.2) is 27.0 Å². The van der Waals surface area contributed by atoms with Crippen LogP contribution >= 0.6 is 0 Å². The van der Waals surface area contributed by atoms with Gasteiger partial charge in [-0.1, -0.05) is 0 Å². The molecule has 2 aromatic rings. The Labute approximate surface area is 160 Å². The summed E-state index contributed by atoms with van der Waals surface area (Å²) in [6.45, 7) is 4.53. The summed E-state index contributed by atoms with van der Waals surface area (Å²) in [4.78, 5) is 13.9. The van der Waals surface area contributed by atoms with Gasteiger partial charge in [-0.3, -0.25) is 9.52 Å². The molecule has 0 radical (unpaired) electrons. The van der Waals surface area contributed by atoms with Gasteiger partial charge < -0.3 is 9.64 Å². The smallest absolute Gasteiger partial charge is 0.261 e. The van der Waals surface area contributed by atoms with Crippen LogP contribution in [0.25, 0.3) is 0 Å². The molecule has 0 aliphatic carbocycles. The first-order chi connectivity index (χ1) is 12.8. The van der Waals surface area contributed by atoms with Crippen LogP contribution in [0.2, 0.25) is 0 Å². The Balaban J connectivity index is 1.72. The summed E-state index contributed by atoms with van der Waals surface area (Å²) in [5.74, 6) is 0.766. The van der Waals surface area contributed by atoms with Crippen molar-refractivity contribution >= 4 is 27.3 Å². The van der Waals surface area contributed by atoms with E-state index in [9.17, 15) is 13.2 Å². The van der Waals surface area contributed by atoms with Gasteiger partial charge in [0.25, 0.3) is 10.0 Å². The summed E-state index contributed by atoms with van der Waals surface area (Å²) in [6.07, 6.45) is 2.46. The lowest BCUT2D eigenvalue weighted by Crippen LogP contribution is -2.35. The molecule has 1 heterocycles. The van der Waals surface area contributed by atoms with Gasteiger partial charge >= 0.3 is 0 Å². The molecular weight excluding hydrogens is 364 g/mol. The molecule has 1 saturated heterocycles. The summed E-state index contributed by atoms with van der Waals surface area (Å²) < 4.78 is 33.3. The first-order valence-corrected chi connectivity index (χ1v) is 10.5. The molecule has 0 bridgehead atoms. The molecule has 1 fully saturated rings. The third-order valence-electron chi connectivity index (χ3n) is 4.26. The van der Waals surface area contributed by atoms with Crippen LogP contribution in [0.3, 0.4) is 0 Å². The van der Waals surface area contributed by atoms with E-state index in [1.54, 1.807) is 41.3 Å². The molecule has 0 aromatic heterocycles. The van der Waals surface area contributed by atoms with Crippen molar-refractivity contribution in [3.8, 4) is 5.75 Å². The number of nitrogens with zero attached hydrogens (tertiary/aromatic N) is 1. The highest BCUT2D eigenvalue weighted by molar-refractivity contribution is 7.92. The fourth-order valence-corrected chi connectivity index (χ4v) is 4.03. The second-order valence-electron chi connectivity index (χ2n) is 6.79. The zero-order chi connectivity index (χ0) is 19.4. The van der Waals surface area contributed by atoms with Gasteiger partial charge in [0.05, 0.1) is 11.0 Å². The van der Waals surface area contributed by atoms with Crippen molar-refractivity contribution in [3.63, 3.8) is 0 Å². The van der Waals surface area contributed by atoms with Crippen molar-refractivity contribution in [3.05, 3.63) is 48.5 Å². The van der Waals surface area contributed by atoms with Crippen LogP contribution in [-0.2, 0) is 14.8 Å². The number of amides is 1. The summed E-state index contributed by atoms with van der Waals surface area (Å²) in [5, 5.41) is 0. The summed E-state index contributed by atoms with van der Waals surface area (Å²) >= 11 is 0. The lowest BCUT2D eigenvalue weighted by atomic mass is 10.1. The zero-order valence-electron chi connectivity index (χ0n) is 15.5. The molecular formula is C20H24N2O4S. The Bertz CT molecular complexity index is 891. The van der Waals surface area contributed by atoms with Crippen molar-refractivity contribution in [2.75, 3.05) is 16.2 Å². The van der Waals surface area contributed by atoms with Gasteiger partial charge in [0, 0.05) is 24.3 Å². The monoisotopic (exact) mass is 388 g/mol. The molecule has 0 saturated carbocycles. The Morgan fingerprint density at radius 2 is 1.67 bits per heavy atom. The predicted molar refractivity (Wildman–Crippen MR) is 106 cm³/mol. The highest BCUT2D eigenvalue weighted by Gasteiger charge is 2.21. The van der Waals surface area contributed by atoms with Gasteiger partial charge in [-0.15, -0.1) is 0 Å². The minimum absolute atomic E-state index is 0.0536. The average molecular weight is 388 g/mol.